The molecule has 0 aliphatic carbocycles. The number of nitrogens with zero attached hydrogens (tertiary/aromatic N) is 3. The minimum atomic E-state index is -0.0781. The first kappa shape index (κ1) is 27.4. The van der Waals surface area contributed by atoms with Gasteiger partial charge in [0.1, 0.15) is 6.54 Å². The van der Waals surface area contributed by atoms with Gasteiger partial charge in [-0.15, -0.1) is 6.58 Å². The van der Waals surface area contributed by atoms with E-state index in [0.717, 1.165) is 31.5 Å². The van der Waals surface area contributed by atoms with Crippen molar-refractivity contribution in [2.45, 2.75) is 58.5 Å². The van der Waals surface area contributed by atoms with Crippen molar-refractivity contribution < 1.29 is 14.3 Å². The molecule has 2 aromatic rings. The van der Waals surface area contributed by atoms with Gasteiger partial charge in [-0.25, -0.2) is 0 Å². The molecule has 0 saturated carbocycles. The zero-order chi connectivity index (χ0) is 24.6. The molecule has 6 heteroatoms. The van der Waals surface area contributed by atoms with Crippen LogP contribution in [-0.2, 0) is 27.4 Å². The van der Waals surface area contributed by atoms with Gasteiger partial charge in [-0.3, -0.25) is 9.59 Å². The van der Waals surface area contributed by atoms with Crippen LogP contribution in [0.2, 0.25) is 0 Å². The molecule has 0 unspecified atom stereocenters. The largest absolute Gasteiger partial charge is 0.383 e. The highest BCUT2D eigenvalue weighted by Crippen LogP contribution is 2.12. The lowest BCUT2D eigenvalue weighted by molar-refractivity contribution is -0.141. The van der Waals surface area contributed by atoms with E-state index in [2.05, 4.69) is 30.2 Å². The molecule has 0 aliphatic heterocycles. The van der Waals surface area contributed by atoms with Crippen LogP contribution < -0.4 is 0 Å². The third-order valence-corrected chi connectivity index (χ3v) is 5.91. The van der Waals surface area contributed by atoms with Gasteiger partial charge in [0.05, 0.1) is 13.2 Å². The van der Waals surface area contributed by atoms with Gasteiger partial charge in [-0.1, -0.05) is 69.0 Å². The Labute approximate surface area is 205 Å². The van der Waals surface area contributed by atoms with E-state index in [1.165, 1.54) is 18.4 Å². The number of benzene rings is 1. The van der Waals surface area contributed by atoms with E-state index in [-0.39, 0.29) is 18.4 Å². The highest BCUT2D eigenvalue weighted by Gasteiger charge is 2.21. The van der Waals surface area contributed by atoms with Crippen molar-refractivity contribution in [2.75, 3.05) is 33.4 Å². The minimum Gasteiger partial charge on any atom is -0.383 e. The number of aromatic nitrogens is 1. The molecule has 0 spiro atoms. The summed E-state index contributed by atoms with van der Waals surface area (Å²) in [7, 11) is 1.63. The smallest absolute Gasteiger partial charge is 0.242 e. The molecule has 6 nitrogen and oxygen atoms in total. The van der Waals surface area contributed by atoms with Crippen LogP contribution >= 0.6 is 0 Å². The molecule has 34 heavy (non-hydrogen) atoms. The van der Waals surface area contributed by atoms with Crippen LogP contribution in [0.1, 0.15) is 56.7 Å². The summed E-state index contributed by atoms with van der Waals surface area (Å²) < 4.78 is 7.41. The first-order valence-electron chi connectivity index (χ1n) is 12.4. The van der Waals surface area contributed by atoms with E-state index in [4.69, 9.17) is 4.74 Å². The minimum absolute atomic E-state index is 0.0175. The van der Waals surface area contributed by atoms with Gasteiger partial charge in [0.15, 0.2) is 0 Å². The number of ether oxygens (including phenoxy) is 1. The van der Waals surface area contributed by atoms with Crippen LogP contribution in [0.15, 0.2) is 61.3 Å². The van der Waals surface area contributed by atoms with E-state index in [1.807, 2.05) is 36.5 Å². The Balaban J connectivity index is 2.02. The van der Waals surface area contributed by atoms with Crippen LogP contribution in [0, 0.1) is 0 Å². The number of carbonyl (C=O) groups excluding carboxylic acids is 2. The topological polar surface area (TPSA) is 54.8 Å². The van der Waals surface area contributed by atoms with Crippen molar-refractivity contribution >= 4 is 11.8 Å². The highest BCUT2D eigenvalue weighted by molar-refractivity contribution is 5.85. The third-order valence-electron chi connectivity index (χ3n) is 5.91. The average molecular weight is 468 g/mol. The summed E-state index contributed by atoms with van der Waals surface area (Å²) in [5, 5.41) is 0. The lowest BCUT2D eigenvalue weighted by Crippen LogP contribution is -2.44. The monoisotopic (exact) mass is 467 g/mol. The van der Waals surface area contributed by atoms with Gasteiger partial charge in [-0.05, 0) is 24.1 Å². The number of amides is 2. The van der Waals surface area contributed by atoms with Gasteiger partial charge in [-0.2, -0.15) is 0 Å². The summed E-state index contributed by atoms with van der Waals surface area (Å²) >= 11 is 0. The number of carbonyl (C=O) groups is 2. The van der Waals surface area contributed by atoms with Gasteiger partial charge in [0, 0.05) is 45.1 Å². The molecule has 0 atom stereocenters. The summed E-state index contributed by atoms with van der Waals surface area (Å²) in [6.07, 6.45) is 9.63. The maximum absolute atomic E-state index is 13.3. The Morgan fingerprint density at radius 2 is 1.76 bits per heavy atom. The summed E-state index contributed by atoms with van der Waals surface area (Å²) in [6, 6.07) is 14.3. The zero-order valence-electron chi connectivity index (χ0n) is 21.0. The molecule has 1 aromatic heterocycles. The molecule has 2 rings (SSSR count). The molecule has 0 bridgehead atoms. The molecule has 0 radical (unpaired) electrons. The van der Waals surface area contributed by atoms with Crippen molar-refractivity contribution in [2.24, 2.45) is 0 Å². The predicted octanol–water partition coefficient (Wildman–Crippen LogP) is 4.89. The quantitative estimate of drug-likeness (QED) is 0.246. The lowest BCUT2D eigenvalue weighted by Gasteiger charge is -2.27. The van der Waals surface area contributed by atoms with Crippen molar-refractivity contribution in [3.63, 3.8) is 0 Å². The Bertz CT molecular complexity index is 863. The molecule has 1 aromatic carbocycles. The van der Waals surface area contributed by atoms with Crippen LogP contribution in [0.4, 0.5) is 0 Å². The number of rotatable bonds is 17. The molecular weight excluding hydrogens is 426 g/mol. The van der Waals surface area contributed by atoms with Crippen molar-refractivity contribution in [3.8, 4) is 0 Å². The fourth-order valence-corrected chi connectivity index (χ4v) is 3.93. The maximum atomic E-state index is 13.3. The Hall–Kier alpha value is -2.86. The van der Waals surface area contributed by atoms with Gasteiger partial charge < -0.3 is 19.1 Å². The number of unbranched alkanes of at least 4 members (excludes halogenated alkanes) is 4. The fraction of sp³-hybridized carbons (Fsp3) is 0.500. The second-order valence-electron chi connectivity index (χ2n) is 8.65. The Kier molecular flexibility index (Phi) is 12.8. The molecule has 0 fully saturated rings. The Morgan fingerprint density at radius 1 is 1.00 bits per heavy atom. The van der Waals surface area contributed by atoms with Crippen LogP contribution in [0.5, 0.6) is 0 Å². The van der Waals surface area contributed by atoms with Gasteiger partial charge >= 0.3 is 0 Å². The normalized spacial score (nSPS) is 10.8. The first-order valence-corrected chi connectivity index (χ1v) is 12.4. The average Bonchev–Trinajstić information content (AvgIpc) is 3.28. The number of hydrogen-bond acceptors (Lipinski definition) is 3. The lowest BCUT2D eigenvalue weighted by atomic mass is 10.1. The van der Waals surface area contributed by atoms with Crippen LogP contribution in [-0.4, -0.2) is 59.5 Å². The van der Waals surface area contributed by atoms with Crippen LogP contribution in [0.3, 0.4) is 0 Å². The summed E-state index contributed by atoms with van der Waals surface area (Å²) in [5.41, 5.74) is 2.25. The molecular formula is C28H41N3O3. The number of methoxy groups -OCH3 is 1. The van der Waals surface area contributed by atoms with Crippen molar-refractivity contribution in [3.05, 3.63) is 72.6 Å². The predicted molar refractivity (Wildman–Crippen MR) is 137 cm³/mol. The molecule has 1 heterocycles. The zero-order valence-corrected chi connectivity index (χ0v) is 21.0. The molecule has 0 N–H and O–H groups in total. The highest BCUT2D eigenvalue weighted by atomic mass is 16.5. The standard InChI is InChI=1S/C28H41N3O3/c1-4-6-7-8-12-17-27(32)30(18-5-2)24-28(33)31(20-21-34-3)23-26-16-13-19-29(26)22-25-14-10-9-11-15-25/h5,9-11,13-16,19H,2,4,6-8,12,17-18,20-24H2,1,3H3. The molecule has 0 aliphatic rings. The second kappa shape index (κ2) is 15.9. The van der Waals surface area contributed by atoms with Crippen LogP contribution in [0.25, 0.3) is 0 Å². The SMILES string of the molecule is C=CCN(CC(=O)N(CCOC)Cc1cccn1Cc1ccccc1)C(=O)CCCCCCC. The van der Waals surface area contributed by atoms with E-state index < -0.39 is 0 Å². The van der Waals surface area contributed by atoms with E-state index in [1.54, 1.807) is 23.0 Å². The van der Waals surface area contributed by atoms with Crippen molar-refractivity contribution in [1.82, 2.24) is 14.4 Å². The summed E-state index contributed by atoms with van der Waals surface area (Å²) in [6.45, 7) is 8.51. The van der Waals surface area contributed by atoms with E-state index in [9.17, 15) is 9.59 Å². The summed E-state index contributed by atoms with van der Waals surface area (Å²) in [4.78, 5) is 29.5. The van der Waals surface area contributed by atoms with Crippen molar-refractivity contribution in [1.29, 1.82) is 0 Å². The second-order valence-corrected chi connectivity index (χ2v) is 8.65. The fourth-order valence-electron chi connectivity index (χ4n) is 3.93. The number of hydrogen-bond donors (Lipinski definition) is 0. The van der Waals surface area contributed by atoms with E-state index >= 15 is 0 Å². The maximum Gasteiger partial charge on any atom is 0.242 e. The van der Waals surface area contributed by atoms with E-state index in [0.29, 0.717) is 32.7 Å². The molecule has 186 valence electrons. The molecule has 0 saturated heterocycles. The first-order chi connectivity index (χ1) is 16.6. The third kappa shape index (κ3) is 9.56. The van der Waals surface area contributed by atoms with Gasteiger partial charge in [0.2, 0.25) is 11.8 Å². The molecule has 2 amide bonds. The Morgan fingerprint density at radius 3 is 2.47 bits per heavy atom. The summed E-state index contributed by atoms with van der Waals surface area (Å²) in [5.74, 6) is -0.0606. The van der Waals surface area contributed by atoms with Gasteiger partial charge in [0.25, 0.3) is 0 Å².